The number of benzene rings is 1. The lowest BCUT2D eigenvalue weighted by Gasteiger charge is -2.16. The van der Waals surface area contributed by atoms with E-state index in [2.05, 4.69) is 49.6 Å². The van der Waals surface area contributed by atoms with E-state index in [1.165, 1.54) is 11.1 Å². The zero-order chi connectivity index (χ0) is 12.8. The van der Waals surface area contributed by atoms with E-state index in [-0.39, 0.29) is 6.23 Å². The molecule has 0 radical (unpaired) electrons. The summed E-state index contributed by atoms with van der Waals surface area (Å²) < 4.78 is 13.4. The third-order valence-electron chi connectivity index (χ3n) is 2.77. The van der Waals surface area contributed by atoms with Crippen molar-refractivity contribution >= 4 is 12.8 Å². The molecule has 0 spiro atoms. The van der Waals surface area contributed by atoms with Gasteiger partial charge in [-0.25, -0.2) is 4.72 Å². The average Bonchev–Trinajstić information content (AvgIpc) is 2.35. The Morgan fingerprint density at radius 1 is 1.29 bits per heavy atom. The summed E-state index contributed by atoms with van der Waals surface area (Å²) in [4.78, 5) is 0. The Morgan fingerprint density at radius 3 is 2.47 bits per heavy atom. The molecule has 1 aromatic rings. The first-order chi connectivity index (χ1) is 8.12. The van der Waals surface area contributed by atoms with Gasteiger partial charge < -0.3 is 9.47 Å². The quantitative estimate of drug-likeness (QED) is 0.605. The lowest BCUT2D eigenvalue weighted by molar-refractivity contribution is 0.0971. The summed E-state index contributed by atoms with van der Waals surface area (Å²) in [5.74, 6) is 1.40. The topological polar surface area (TPSA) is 30.5 Å². The summed E-state index contributed by atoms with van der Waals surface area (Å²) in [6, 6.07) is 6.28. The van der Waals surface area contributed by atoms with E-state index >= 15 is 0 Å². The third-order valence-corrected chi connectivity index (χ3v) is 3.06. The van der Waals surface area contributed by atoms with E-state index in [4.69, 9.17) is 9.47 Å². The smallest absolute Gasteiger partial charge is 0.122 e. The van der Waals surface area contributed by atoms with E-state index in [0.717, 1.165) is 12.2 Å². The third kappa shape index (κ3) is 3.91. The highest BCUT2D eigenvalue weighted by Crippen LogP contribution is 2.27. The summed E-state index contributed by atoms with van der Waals surface area (Å²) >= 11 is 4.02. The van der Waals surface area contributed by atoms with E-state index < -0.39 is 0 Å². The zero-order valence-corrected chi connectivity index (χ0v) is 11.8. The second-order valence-electron chi connectivity index (χ2n) is 4.29. The van der Waals surface area contributed by atoms with Gasteiger partial charge in [0, 0.05) is 13.5 Å². The molecule has 0 heterocycles. The normalized spacial score (nSPS) is 12.8. The van der Waals surface area contributed by atoms with Crippen LogP contribution in [0.15, 0.2) is 18.2 Å². The van der Waals surface area contributed by atoms with Crippen molar-refractivity contribution in [2.45, 2.75) is 32.4 Å². The van der Waals surface area contributed by atoms with E-state index in [0.29, 0.717) is 5.92 Å². The predicted molar refractivity (Wildman–Crippen MR) is 73.7 cm³/mol. The molecule has 1 aromatic carbocycles. The molecule has 96 valence electrons. The van der Waals surface area contributed by atoms with Gasteiger partial charge in [-0.15, -0.1) is 0 Å². The monoisotopic (exact) mass is 255 g/mol. The maximum atomic E-state index is 5.42. The van der Waals surface area contributed by atoms with Crippen LogP contribution in [0, 0.1) is 0 Å². The molecule has 1 atom stereocenters. The molecule has 0 saturated carbocycles. The number of methoxy groups -OCH3 is 2. The second kappa shape index (κ2) is 6.89. The fourth-order valence-electron chi connectivity index (χ4n) is 1.76. The Kier molecular flexibility index (Phi) is 5.82. The van der Waals surface area contributed by atoms with Crippen LogP contribution in [0.25, 0.3) is 0 Å². The first-order valence-corrected chi connectivity index (χ1v) is 6.16. The summed E-state index contributed by atoms with van der Waals surface area (Å²) in [5, 5.41) is 0. The lowest BCUT2D eigenvalue weighted by atomic mass is 9.99. The Hall–Kier alpha value is -0.710. The molecule has 1 unspecified atom stereocenters. The van der Waals surface area contributed by atoms with Gasteiger partial charge in [-0.05, 0) is 23.1 Å². The molecule has 3 nitrogen and oxygen atoms in total. The van der Waals surface area contributed by atoms with Crippen LogP contribution in [0.2, 0.25) is 0 Å². The van der Waals surface area contributed by atoms with Gasteiger partial charge >= 0.3 is 0 Å². The Morgan fingerprint density at radius 2 is 2.00 bits per heavy atom. The molecule has 1 N–H and O–H groups in total. The van der Waals surface area contributed by atoms with Crippen LogP contribution in [0.1, 0.15) is 30.9 Å². The van der Waals surface area contributed by atoms with Crippen molar-refractivity contribution in [3.05, 3.63) is 29.3 Å². The molecular weight excluding hydrogens is 234 g/mol. The fraction of sp³-hybridized carbons (Fsp3) is 0.538. The van der Waals surface area contributed by atoms with Crippen LogP contribution in [-0.4, -0.2) is 20.4 Å². The molecule has 0 aliphatic rings. The molecular formula is C13H21NO2S. The minimum absolute atomic E-state index is 0.0899. The average molecular weight is 255 g/mol. The number of hydrogen-bond donors (Lipinski definition) is 2. The van der Waals surface area contributed by atoms with Crippen molar-refractivity contribution in [2.24, 2.45) is 0 Å². The number of hydrogen-bond acceptors (Lipinski definition) is 4. The van der Waals surface area contributed by atoms with Gasteiger partial charge in [0.15, 0.2) is 0 Å². The van der Waals surface area contributed by atoms with Crippen molar-refractivity contribution in [1.82, 2.24) is 4.72 Å². The van der Waals surface area contributed by atoms with Crippen LogP contribution in [0.3, 0.4) is 0 Å². The van der Waals surface area contributed by atoms with Gasteiger partial charge in [0.05, 0.1) is 7.11 Å². The highest BCUT2D eigenvalue weighted by Gasteiger charge is 2.11. The molecule has 17 heavy (non-hydrogen) atoms. The van der Waals surface area contributed by atoms with Crippen LogP contribution in [0.5, 0.6) is 5.75 Å². The first kappa shape index (κ1) is 14.4. The number of ether oxygens (including phenoxy) is 2. The second-order valence-corrected chi connectivity index (χ2v) is 4.55. The van der Waals surface area contributed by atoms with Gasteiger partial charge in [0.25, 0.3) is 0 Å². The van der Waals surface area contributed by atoms with Crippen LogP contribution >= 0.6 is 12.8 Å². The van der Waals surface area contributed by atoms with Crippen LogP contribution in [0.4, 0.5) is 0 Å². The number of rotatable bonds is 6. The highest BCUT2D eigenvalue weighted by atomic mass is 32.1. The van der Waals surface area contributed by atoms with E-state index in [1.54, 1.807) is 14.2 Å². The van der Waals surface area contributed by atoms with Crippen molar-refractivity contribution in [3.8, 4) is 5.75 Å². The van der Waals surface area contributed by atoms with Gasteiger partial charge in [-0.3, -0.25) is 0 Å². The maximum absolute atomic E-state index is 5.42. The minimum Gasteiger partial charge on any atom is -0.496 e. The Balaban J connectivity index is 2.89. The summed E-state index contributed by atoms with van der Waals surface area (Å²) in [6.45, 7) is 4.32. The molecule has 0 aliphatic heterocycles. The van der Waals surface area contributed by atoms with Crippen molar-refractivity contribution < 1.29 is 9.47 Å². The molecule has 0 aromatic heterocycles. The highest BCUT2D eigenvalue weighted by molar-refractivity contribution is 7.78. The molecule has 0 aliphatic carbocycles. The lowest BCUT2D eigenvalue weighted by Crippen LogP contribution is -2.25. The molecule has 0 amide bonds. The molecule has 4 heteroatoms. The van der Waals surface area contributed by atoms with Gasteiger partial charge in [-0.2, -0.15) is 0 Å². The molecule has 0 saturated heterocycles. The fourth-order valence-corrected chi connectivity index (χ4v) is 1.95. The standard InChI is InChI=1S/C13H21NO2S/c1-9(2)11-6-5-10(7-12(11)15-3)8-13(14-17)16-4/h5-7,9,13-14,17H,8H2,1-4H3. The first-order valence-electron chi connectivity index (χ1n) is 5.71. The predicted octanol–water partition coefficient (Wildman–Crippen LogP) is 2.77. The molecule has 1 rings (SSSR count). The maximum Gasteiger partial charge on any atom is 0.122 e. The van der Waals surface area contributed by atoms with Crippen LogP contribution in [-0.2, 0) is 11.2 Å². The summed E-state index contributed by atoms with van der Waals surface area (Å²) in [5.41, 5.74) is 2.39. The summed E-state index contributed by atoms with van der Waals surface area (Å²) in [6.07, 6.45) is 0.669. The summed E-state index contributed by atoms with van der Waals surface area (Å²) in [7, 11) is 3.36. The largest absolute Gasteiger partial charge is 0.496 e. The van der Waals surface area contributed by atoms with Crippen molar-refractivity contribution in [2.75, 3.05) is 14.2 Å². The van der Waals surface area contributed by atoms with Crippen molar-refractivity contribution in [1.29, 1.82) is 0 Å². The minimum atomic E-state index is -0.0899. The van der Waals surface area contributed by atoms with Crippen LogP contribution < -0.4 is 9.46 Å². The van der Waals surface area contributed by atoms with Gasteiger partial charge in [-0.1, -0.05) is 38.8 Å². The van der Waals surface area contributed by atoms with Gasteiger partial charge in [0.2, 0.25) is 0 Å². The number of nitrogens with one attached hydrogen (secondary N) is 1. The Labute approximate surface area is 109 Å². The zero-order valence-electron chi connectivity index (χ0n) is 10.9. The Bertz CT molecular complexity index is 351. The van der Waals surface area contributed by atoms with Crippen molar-refractivity contribution in [3.63, 3.8) is 0 Å². The SMILES string of the molecule is COc1cc(CC(NS)OC)ccc1C(C)C. The molecule has 0 fully saturated rings. The van der Waals surface area contributed by atoms with Gasteiger partial charge in [0.1, 0.15) is 12.0 Å². The van der Waals surface area contributed by atoms with E-state index in [9.17, 15) is 0 Å². The number of thiol groups is 1. The van der Waals surface area contributed by atoms with E-state index in [1.807, 2.05) is 0 Å². The molecule has 0 bridgehead atoms.